The molecule has 0 bridgehead atoms. The Balaban J connectivity index is 1.49. The predicted molar refractivity (Wildman–Crippen MR) is 117 cm³/mol. The Kier molecular flexibility index (Phi) is 5.63. The number of likely N-dealkylation sites (tertiary alicyclic amines) is 1. The van der Waals surface area contributed by atoms with E-state index in [9.17, 15) is 9.59 Å². The topological polar surface area (TPSA) is 62.3 Å². The van der Waals surface area contributed by atoms with Crippen molar-refractivity contribution in [3.05, 3.63) is 65.0 Å². The van der Waals surface area contributed by atoms with E-state index in [1.807, 2.05) is 37.8 Å². The summed E-state index contributed by atoms with van der Waals surface area (Å²) in [6, 6.07) is 14.4. The van der Waals surface area contributed by atoms with Gasteiger partial charge in [0.2, 0.25) is 5.91 Å². The fourth-order valence-electron chi connectivity index (χ4n) is 5.25. The van der Waals surface area contributed by atoms with E-state index in [0.29, 0.717) is 12.1 Å². The Bertz CT molecular complexity index is 945. The Morgan fingerprint density at radius 3 is 2.57 bits per heavy atom. The highest BCUT2D eigenvalue weighted by atomic mass is 16.2. The molecule has 1 unspecified atom stereocenters. The Morgan fingerprint density at radius 1 is 1.13 bits per heavy atom. The normalized spacial score (nSPS) is 19.7. The van der Waals surface area contributed by atoms with Crippen molar-refractivity contribution in [2.75, 3.05) is 13.1 Å². The van der Waals surface area contributed by atoms with Crippen molar-refractivity contribution in [3.8, 4) is 0 Å². The number of nitrogens with one attached hydrogen (secondary N) is 1. The lowest BCUT2D eigenvalue weighted by molar-refractivity contribution is -0.122. The number of aromatic nitrogens is 1. The molecule has 5 nitrogen and oxygen atoms in total. The van der Waals surface area contributed by atoms with Crippen molar-refractivity contribution in [2.45, 2.75) is 63.8 Å². The number of carbonyl (C=O) groups excluding carboxylic acids is 2. The van der Waals surface area contributed by atoms with Gasteiger partial charge in [-0.2, -0.15) is 0 Å². The van der Waals surface area contributed by atoms with Crippen LogP contribution in [0.5, 0.6) is 0 Å². The lowest BCUT2D eigenvalue weighted by Gasteiger charge is -2.40. The van der Waals surface area contributed by atoms with E-state index in [1.165, 1.54) is 11.1 Å². The molecule has 1 aromatic carbocycles. The number of piperidine rings is 1. The highest BCUT2D eigenvalue weighted by Crippen LogP contribution is 2.52. The van der Waals surface area contributed by atoms with Gasteiger partial charge in [0.05, 0.1) is 0 Å². The molecular weight excluding hydrogens is 374 g/mol. The summed E-state index contributed by atoms with van der Waals surface area (Å²) in [5, 5.41) is 3.04. The number of benzene rings is 1. The smallest absolute Gasteiger partial charge is 0.272 e. The van der Waals surface area contributed by atoms with Crippen LogP contribution in [0.1, 0.15) is 72.8 Å². The molecular formula is C25H31N3O2. The van der Waals surface area contributed by atoms with E-state index in [1.54, 1.807) is 6.07 Å². The Labute approximate surface area is 178 Å². The van der Waals surface area contributed by atoms with Crippen molar-refractivity contribution >= 4 is 11.8 Å². The van der Waals surface area contributed by atoms with E-state index < -0.39 is 0 Å². The first-order valence-electron chi connectivity index (χ1n) is 11.0. The van der Waals surface area contributed by atoms with Crippen LogP contribution in [0.2, 0.25) is 0 Å². The first-order valence-corrected chi connectivity index (χ1v) is 11.0. The molecule has 2 aliphatic rings. The van der Waals surface area contributed by atoms with Gasteiger partial charge in [-0.05, 0) is 74.6 Å². The summed E-state index contributed by atoms with van der Waals surface area (Å²) in [5.74, 6) is 0.397. The number of carbonyl (C=O) groups is 2. The quantitative estimate of drug-likeness (QED) is 0.837. The molecule has 4 rings (SSSR count). The zero-order valence-electron chi connectivity index (χ0n) is 18.1. The standard InChI is InChI=1S/C25H31N3O2/c1-17(2)26-23(29)15-19-16-25(21-9-5-4-8-20(19)21)11-13-28(14-12-25)24(30)22-10-6-7-18(3)27-22/h4-10,17,19H,11-16H2,1-3H3,(H,26,29). The van der Waals surface area contributed by atoms with E-state index in [0.717, 1.165) is 38.0 Å². The number of aryl methyl sites for hydroxylation is 1. The monoisotopic (exact) mass is 405 g/mol. The molecule has 2 heterocycles. The maximum absolute atomic E-state index is 12.9. The second-order valence-corrected chi connectivity index (χ2v) is 9.15. The number of amides is 2. The van der Waals surface area contributed by atoms with Crippen molar-refractivity contribution in [2.24, 2.45) is 0 Å². The number of hydrogen-bond donors (Lipinski definition) is 1. The van der Waals surface area contributed by atoms with Gasteiger partial charge in [-0.15, -0.1) is 0 Å². The van der Waals surface area contributed by atoms with Crippen LogP contribution in [0.25, 0.3) is 0 Å². The molecule has 0 radical (unpaired) electrons. The van der Waals surface area contributed by atoms with Gasteiger partial charge < -0.3 is 10.2 Å². The zero-order chi connectivity index (χ0) is 21.3. The molecule has 2 aromatic rings. The first kappa shape index (κ1) is 20.6. The second-order valence-electron chi connectivity index (χ2n) is 9.15. The molecule has 1 fully saturated rings. The van der Waals surface area contributed by atoms with E-state index in [-0.39, 0.29) is 29.2 Å². The average molecular weight is 406 g/mol. The first-order chi connectivity index (χ1) is 14.4. The van der Waals surface area contributed by atoms with Crippen LogP contribution >= 0.6 is 0 Å². The van der Waals surface area contributed by atoms with Crippen molar-refractivity contribution < 1.29 is 9.59 Å². The van der Waals surface area contributed by atoms with Gasteiger partial charge in [-0.25, -0.2) is 4.98 Å². The SMILES string of the molecule is Cc1cccc(C(=O)N2CCC3(CC2)CC(CC(=O)NC(C)C)c2ccccc23)n1. The number of nitrogens with zero attached hydrogens (tertiary/aromatic N) is 2. The highest BCUT2D eigenvalue weighted by molar-refractivity contribution is 5.92. The van der Waals surface area contributed by atoms with Gasteiger partial charge in [0.1, 0.15) is 5.69 Å². The third-order valence-corrected chi connectivity index (χ3v) is 6.61. The average Bonchev–Trinajstić information content (AvgIpc) is 3.01. The number of pyridine rings is 1. The number of hydrogen-bond acceptors (Lipinski definition) is 3. The largest absolute Gasteiger partial charge is 0.354 e. The lowest BCUT2D eigenvalue weighted by Crippen LogP contribution is -2.44. The molecule has 1 atom stereocenters. The Morgan fingerprint density at radius 2 is 1.87 bits per heavy atom. The summed E-state index contributed by atoms with van der Waals surface area (Å²) in [7, 11) is 0. The minimum absolute atomic E-state index is 0.0210. The molecule has 1 aromatic heterocycles. The molecule has 1 saturated heterocycles. The van der Waals surface area contributed by atoms with Gasteiger partial charge in [-0.1, -0.05) is 30.3 Å². The van der Waals surface area contributed by atoms with Gasteiger partial charge in [-0.3, -0.25) is 9.59 Å². The van der Waals surface area contributed by atoms with E-state index >= 15 is 0 Å². The summed E-state index contributed by atoms with van der Waals surface area (Å²) in [5.41, 5.74) is 4.16. The van der Waals surface area contributed by atoms with Gasteiger partial charge >= 0.3 is 0 Å². The van der Waals surface area contributed by atoms with Gasteiger partial charge in [0.15, 0.2) is 0 Å². The molecule has 0 saturated carbocycles. The molecule has 1 aliphatic heterocycles. The number of rotatable bonds is 4. The Hall–Kier alpha value is -2.69. The summed E-state index contributed by atoms with van der Waals surface area (Å²) < 4.78 is 0. The van der Waals surface area contributed by atoms with Crippen LogP contribution in [-0.4, -0.2) is 40.8 Å². The maximum Gasteiger partial charge on any atom is 0.272 e. The molecule has 5 heteroatoms. The van der Waals surface area contributed by atoms with Crippen molar-refractivity contribution in [1.29, 1.82) is 0 Å². The third-order valence-electron chi connectivity index (χ3n) is 6.61. The van der Waals surface area contributed by atoms with E-state index in [4.69, 9.17) is 0 Å². The summed E-state index contributed by atoms with van der Waals surface area (Å²) in [6.07, 6.45) is 3.39. The number of fused-ring (bicyclic) bond motifs is 2. The third kappa shape index (κ3) is 3.98. The summed E-state index contributed by atoms with van der Waals surface area (Å²) >= 11 is 0. The minimum Gasteiger partial charge on any atom is -0.354 e. The van der Waals surface area contributed by atoms with Crippen LogP contribution in [0.4, 0.5) is 0 Å². The van der Waals surface area contributed by atoms with Crippen LogP contribution in [0.15, 0.2) is 42.5 Å². The van der Waals surface area contributed by atoms with Gasteiger partial charge in [0.25, 0.3) is 5.91 Å². The van der Waals surface area contributed by atoms with Crippen molar-refractivity contribution in [3.63, 3.8) is 0 Å². The molecule has 1 spiro atoms. The van der Waals surface area contributed by atoms with E-state index in [2.05, 4.69) is 34.6 Å². The molecule has 1 aliphatic carbocycles. The molecule has 1 N–H and O–H groups in total. The summed E-state index contributed by atoms with van der Waals surface area (Å²) in [6.45, 7) is 7.37. The van der Waals surface area contributed by atoms with Gasteiger partial charge in [0, 0.05) is 31.2 Å². The predicted octanol–water partition coefficient (Wildman–Crippen LogP) is 3.97. The van der Waals surface area contributed by atoms with Crippen LogP contribution in [-0.2, 0) is 10.2 Å². The fraction of sp³-hybridized carbons (Fsp3) is 0.480. The highest BCUT2D eigenvalue weighted by Gasteiger charge is 2.46. The lowest BCUT2D eigenvalue weighted by atomic mass is 9.73. The van der Waals surface area contributed by atoms with Crippen LogP contribution in [0.3, 0.4) is 0 Å². The van der Waals surface area contributed by atoms with Crippen LogP contribution < -0.4 is 5.32 Å². The maximum atomic E-state index is 12.9. The molecule has 158 valence electrons. The zero-order valence-corrected chi connectivity index (χ0v) is 18.1. The molecule has 30 heavy (non-hydrogen) atoms. The van der Waals surface area contributed by atoms with Crippen molar-refractivity contribution in [1.82, 2.24) is 15.2 Å². The van der Waals surface area contributed by atoms with Crippen LogP contribution in [0, 0.1) is 6.92 Å². The fourth-order valence-corrected chi connectivity index (χ4v) is 5.25. The molecule has 2 amide bonds. The second kappa shape index (κ2) is 8.21. The summed E-state index contributed by atoms with van der Waals surface area (Å²) in [4.78, 5) is 31.7. The minimum atomic E-state index is 0.0210.